The van der Waals surface area contributed by atoms with Crippen molar-refractivity contribution in [3.63, 3.8) is 0 Å². The number of para-hydroxylation sites is 1. The zero-order valence-electron chi connectivity index (χ0n) is 17.8. The number of amides is 1. The number of aliphatic hydroxyl groups is 1. The van der Waals surface area contributed by atoms with Gasteiger partial charge in [-0.15, -0.1) is 0 Å². The van der Waals surface area contributed by atoms with Gasteiger partial charge in [-0.3, -0.25) is 14.3 Å². The fraction of sp³-hybridized carbons (Fsp3) is 0.435. The summed E-state index contributed by atoms with van der Waals surface area (Å²) >= 11 is 0. The Morgan fingerprint density at radius 2 is 2.06 bits per heavy atom. The minimum Gasteiger partial charge on any atom is -0.396 e. The number of carbonyl (C=O) groups is 2. The molecule has 1 atom stereocenters. The third kappa shape index (κ3) is 4.64. The van der Waals surface area contributed by atoms with Crippen molar-refractivity contribution in [2.75, 3.05) is 25.0 Å². The fourth-order valence-electron chi connectivity index (χ4n) is 4.18. The van der Waals surface area contributed by atoms with E-state index in [4.69, 9.17) is 0 Å². The van der Waals surface area contributed by atoms with Gasteiger partial charge in [-0.25, -0.2) is 0 Å². The van der Waals surface area contributed by atoms with Crippen molar-refractivity contribution < 1.29 is 14.7 Å². The number of carbonyl (C=O) groups excluding carboxylic acids is 2. The Labute approximate surface area is 181 Å². The summed E-state index contributed by atoms with van der Waals surface area (Å²) in [5, 5.41) is 17.9. The van der Waals surface area contributed by atoms with Crippen LogP contribution in [0.1, 0.15) is 42.4 Å². The van der Waals surface area contributed by atoms with Gasteiger partial charge >= 0.3 is 0 Å². The minimum absolute atomic E-state index is 0.0232. The second-order valence-electron chi connectivity index (χ2n) is 8.06. The monoisotopic (exact) mass is 423 g/mol. The van der Waals surface area contributed by atoms with E-state index in [1.807, 2.05) is 52.9 Å². The van der Waals surface area contributed by atoms with E-state index in [2.05, 4.69) is 15.4 Å². The Hall–Kier alpha value is -3.13. The molecule has 8 heteroatoms. The number of anilines is 1. The number of fused-ring (bicyclic) bond motifs is 2. The summed E-state index contributed by atoms with van der Waals surface area (Å²) in [5.41, 5.74) is 2.47. The van der Waals surface area contributed by atoms with Gasteiger partial charge in [0.25, 0.3) is 5.91 Å². The van der Waals surface area contributed by atoms with Gasteiger partial charge in [0.05, 0.1) is 25.3 Å². The summed E-state index contributed by atoms with van der Waals surface area (Å²) in [6.45, 7) is 3.92. The number of Topliss-reactive ketones (excluding diaryl/α,β-unsaturated/α-hetero) is 1. The van der Waals surface area contributed by atoms with Gasteiger partial charge in [0.15, 0.2) is 5.78 Å². The van der Waals surface area contributed by atoms with E-state index >= 15 is 0 Å². The zero-order valence-corrected chi connectivity index (χ0v) is 17.8. The standard InChI is InChI=1S/C23H29N5O3/c1-2-5-16(8-11-29)21(30)14-24-22-13-18-15-27(9-10-28(18)26-22)23(31)20-12-17-6-3-4-7-19(17)25-20/h3-4,6-7,12-13,16,25,29H,2,5,8-11,14-15H2,1H3,(H,24,26). The lowest BCUT2D eigenvalue weighted by atomic mass is 9.95. The maximum Gasteiger partial charge on any atom is 0.270 e. The van der Waals surface area contributed by atoms with Crippen LogP contribution in [0.15, 0.2) is 36.4 Å². The van der Waals surface area contributed by atoms with E-state index < -0.39 is 0 Å². The molecule has 1 unspecified atom stereocenters. The molecule has 0 saturated carbocycles. The van der Waals surface area contributed by atoms with Crippen molar-refractivity contribution in [3.8, 4) is 0 Å². The molecule has 0 saturated heterocycles. The van der Waals surface area contributed by atoms with E-state index in [1.54, 1.807) is 0 Å². The van der Waals surface area contributed by atoms with Crippen molar-refractivity contribution in [2.24, 2.45) is 5.92 Å². The smallest absolute Gasteiger partial charge is 0.270 e. The number of nitrogens with one attached hydrogen (secondary N) is 2. The number of hydrogen-bond donors (Lipinski definition) is 3. The van der Waals surface area contributed by atoms with Crippen LogP contribution in [0.5, 0.6) is 0 Å². The van der Waals surface area contributed by atoms with Gasteiger partial charge in [-0.05, 0) is 25.0 Å². The Bertz CT molecular complexity index is 1030. The van der Waals surface area contributed by atoms with Crippen LogP contribution in [0.4, 0.5) is 5.82 Å². The molecular weight excluding hydrogens is 394 g/mol. The average Bonchev–Trinajstić information content (AvgIpc) is 3.40. The lowest BCUT2D eigenvalue weighted by Gasteiger charge is -2.27. The number of aromatic nitrogens is 3. The number of rotatable bonds is 9. The van der Waals surface area contributed by atoms with E-state index in [-0.39, 0.29) is 30.8 Å². The van der Waals surface area contributed by atoms with Gasteiger partial charge in [-0.2, -0.15) is 5.10 Å². The number of nitrogens with zero attached hydrogens (tertiary/aromatic N) is 3. The van der Waals surface area contributed by atoms with Crippen LogP contribution in [0.25, 0.3) is 10.9 Å². The first-order valence-electron chi connectivity index (χ1n) is 10.9. The molecule has 164 valence electrons. The lowest BCUT2D eigenvalue weighted by molar-refractivity contribution is -0.121. The number of benzene rings is 1. The summed E-state index contributed by atoms with van der Waals surface area (Å²) < 4.78 is 1.89. The van der Waals surface area contributed by atoms with Crippen LogP contribution >= 0.6 is 0 Å². The van der Waals surface area contributed by atoms with E-state index in [0.717, 1.165) is 29.4 Å². The van der Waals surface area contributed by atoms with Crippen molar-refractivity contribution in [2.45, 2.75) is 39.3 Å². The Balaban J connectivity index is 1.39. The van der Waals surface area contributed by atoms with Crippen LogP contribution in [0.2, 0.25) is 0 Å². The summed E-state index contributed by atoms with van der Waals surface area (Å²) in [7, 11) is 0. The topological polar surface area (TPSA) is 103 Å². The Morgan fingerprint density at radius 1 is 1.23 bits per heavy atom. The first-order valence-corrected chi connectivity index (χ1v) is 10.9. The average molecular weight is 424 g/mol. The molecule has 0 radical (unpaired) electrons. The van der Waals surface area contributed by atoms with Gasteiger partial charge < -0.3 is 20.3 Å². The van der Waals surface area contributed by atoms with Crippen LogP contribution in [0, 0.1) is 5.92 Å². The third-order valence-electron chi connectivity index (χ3n) is 5.86. The minimum atomic E-state index is -0.121. The Kier molecular flexibility index (Phi) is 6.36. The molecule has 0 fully saturated rings. The maximum atomic E-state index is 13.0. The largest absolute Gasteiger partial charge is 0.396 e. The summed E-state index contributed by atoms with van der Waals surface area (Å²) in [6.07, 6.45) is 2.19. The first kappa shape index (κ1) is 21.1. The lowest BCUT2D eigenvalue weighted by Crippen LogP contribution is -2.38. The molecule has 0 bridgehead atoms. The highest BCUT2D eigenvalue weighted by molar-refractivity contribution is 5.98. The molecule has 0 aliphatic carbocycles. The molecule has 3 heterocycles. The van der Waals surface area contributed by atoms with Gasteiger partial charge in [0, 0.05) is 36.0 Å². The van der Waals surface area contributed by atoms with Crippen molar-refractivity contribution in [1.82, 2.24) is 19.7 Å². The number of aliphatic hydroxyl groups excluding tert-OH is 1. The second kappa shape index (κ2) is 9.34. The third-order valence-corrected chi connectivity index (χ3v) is 5.86. The molecule has 0 spiro atoms. The molecule has 1 aliphatic heterocycles. The highest BCUT2D eigenvalue weighted by Gasteiger charge is 2.25. The van der Waals surface area contributed by atoms with Crippen LogP contribution in [-0.4, -0.2) is 56.2 Å². The normalized spacial score (nSPS) is 14.5. The highest BCUT2D eigenvalue weighted by Crippen LogP contribution is 2.21. The fourth-order valence-corrected chi connectivity index (χ4v) is 4.18. The van der Waals surface area contributed by atoms with Gasteiger partial charge in [0.2, 0.25) is 0 Å². The van der Waals surface area contributed by atoms with Crippen molar-refractivity contribution >= 4 is 28.4 Å². The molecule has 3 aromatic rings. The number of aromatic amines is 1. The summed E-state index contributed by atoms with van der Waals surface area (Å²) in [5.74, 6) is 0.587. The molecule has 8 nitrogen and oxygen atoms in total. The first-order chi connectivity index (χ1) is 15.1. The van der Waals surface area contributed by atoms with Gasteiger partial charge in [0.1, 0.15) is 11.5 Å². The van der Waals surface area contributed by atoms with E-state index in [1.165, 1.54) is 0 Å². The van der Waals surface area contributed by atoms with E-state index in [9.17, 15) is 14.7 Å². The van der Waals surface area contributed by atoms with Crippen molar-refractivity contribution in [1.29, 1.82) is 0 Å². The van der Waals surface area contributed by atoms with Crippen LogP contribution < -0.4 is 5.32 Å². The zero-order chi connectivity index (χ0) is 21.8. The number of H-pyrrole nitrogens is 1. The van der Waals surface area contributed by atoms with Crippen LogP contribution in [0.3, 0.4) is 0 Å². The van der Waals surface area contributed by atoms with Crippen molar-refractivity contribution in [3.05, 3.63) is 47.8 Å². The van der Waals surface area contributed by atoms with E-state index in [0.29, 0.717) is 37.6 Å². The summed E-state index contributed by atoms with van der Waals surface area (Å²) in [6, 6.07) is 11.6. The highest BCUT2D eigenvalue weighted by atomic mass is 16.3. The van der Waals surface area contributed by atoms with Gasteiger partial charge in [-0.1, -0.05) is 31.5 Å². The SMILES string of the molecule is CCCC(CCO)C(=O)CNc1cc2n(n1)CCN(C(=O)c1cc3ccccc3[nH]1)C2. The molecule has 1 aromatic carbocycles. The molecular formula is C23H29N5O3. The molecule has 2 aromatic heterocycles. The number of ketones is 1. The molecule has 1 amide bonds. The summed E-state index contributed by atoms with van der Waals surface area (Å²) in [4.78, 5) is 30.4. The molecule has 31 heavy (non-hydrogen) atoms. The quantitative estimate of drug-likeness (QED) is 0.491. The van der Waals surface area contributed by atoms with Crippen LogP contribution in [-0.2, 0) is 17.9 Å². The molecule has 1 aliphatic rings. The molecule has 4 rings (SSSR count). The second-order valence-corrected chi connectivity index (χ2v) is 8.06. The number of hydrogen-bond acceptors (Lipinski definition) is 5. The predicted octanol–water partition coefficient (Wildman–Crippen LogP) is 2.80. The molecule has 3 N–H and O–H groups in total. The maximum absolute atomic E-state index is 13.0. The predicted molar refractivity (Wildman–Crippen MR) is 119 cm³/mol. The Morgan fingerprint density at radius 3 is 2.84 bits per heavy atom.